The van der Waals surface area contributed by atoms with Crippen LogP contribution in [0.25, 0.3) is 0 Å². The molecule has 0 unspecified atom stereocenters. The van der Waals surface area contributed by atoms with Crippen molar-refractivity contribution in [3.8, 4) is 0 Å². The number of esters is 2. The zero-order chi connectivity index (χ0) is 21.7. The third-order valence-corrected chi connectivity index (χ3v) is 5.87. The largest absolute Gasteiger partial charge is 0.465 e. The van der Waals surface area contributed by atoms with Crippen molar-refractivity contribution in [1.29, 1.82) is 0 Å². The SMILES string of the molecule is CCOC(=O)C1=C(C)N(CCc2cccs2)C(=O)N[C@H]1c1ccccc1C(=O)OC. The summed E-state index contributed by atoms with van der Waals surface area (Å²) in [7, 11) is 1.29. The quantitative estimate of drug-likeness (QED) is 0.680. The fraction of sp³-hybridized carbons (Fsp3) is 0.318. The first-order valence-corrected chi connectivity index (χ1v) is 10.5. The van der Waals surface area contributed by atoms with Gasteiger partial charge in [0.2, 0.25) is 0 Å². The van der Waals surface area contributed by atoms with Crippen molar-refractivity contribution in [2.75, 3.05) is 20.3 Å². The highest BCUT2D eigenvalue weighted by Gasteiger charge is 2.37. The van der Waals surface area contributed by atoms with Crippen molar-refractivity contribution in [2.24, 2.45) is 0 Å². The highest BCUT2D eigenvalue weighted by Crippen LogP contribution is 2.33. The first kappa shape index (κ1) is 21.6. The molecular weight excluding hydrogens is 404 g/mol. The van der Waals surface area contributed by atoms with Gasteiger partial charge in [-0.1, -0.05) is 24.3 Å². The molecule has 7 nitrogen and oxygen atoms in total. The predicted octanol–water partition coefficient (Wildman–Crippen LogP) is 3.68. The van der Waals surface area contributed by atoms with Crippen molar-refractivity contribution >= 4 is 29.3 Å². The molecule has 2 heterocycles. The normalized spacial score (nSPS) is 16.3. The Morgan fingerprint density at radius 1 is 1.17 bits per heavy atom. The summed E-state index contributed by atoms with van der Waals surface area (Å²) in [5.41, 5.74) is 1.59. The van der Waals surface area contributed by atoms with Gasteiger partial charge in [-0.2, -0.15) is 0 Å². The Morgan fingerprint density at radius 2 is 1.93 bits per heavy atom. The molecule has 158 valence electrons. The van der Waals surface area contributed by atoms with Gasteiger partial charge in [0, 0.05) is 17.1 Å². The van der Waals surface area contributed by atoms with Crippen molar-refractivity contribution < 1.29 is 23.9 Å². The van der Waals surface area contributed by atoms with Gasteiger partial charge in [0.25, 0.3) is 0 Å². The number of ether oxygens (including phenoxy) is 2. The van der Waals surface area contributed by atoms with Crippen LogP contribution in [0.3, 0.4) is 0 Å². The molecule has 1 atom stereocenters. The summed E-state index contributed by atoms with van der Waals surface area (Å²) in [5, 5.41) is 4.86. The molecule has 0 bridgehead atoms. The first-order valence-electron chi connectivity index (χ1n) is 9.63. The molecule has 1 aromatic heterocycles. The van der Waals surface area contributed by atoms with Crippen LogP contribution in [0.15, 0.2) is 53.0 Å². The van der Waals surface area contributed by atoms with E-state index in [2.05, 4.69) is 5.32 Å². The average Bonchev–Trinajstić information content (AvgIpc) is 3.26. The van der Waals surface area contributed by atoms with E-state index in [0.717, 1.165) is 4.88 Å². The third-order valence-electron chi connectivity index (χ3n) is 4.93. The Balaban J connectivity index is 2.03. The lowest BCUT2D eigenvalue weighted by Crippen LogP contribution is -2.48. The van der Waals surface area contributed by atoms with E-state index in [1.54, 1.807) is 54.3 Å². The van der Waals surface area contributed by atoms with Crippen LogP contribution in [0.1, 0.15) is 40.7 Å². The van der Waals surface area contributed by atoms with Crippen molar-refractivity contribution in [1.82, 2.24) is 10.2 Å². The van der Waals surface area contributed by atoms with E-state index in [9.17, 15) is 14.4 Å². The van der Waals surface area contributed by atoms with Crippen LogP contribution in [0.2, 0.25) is 0 Å². The second-order valence-corrected chi connectivity index (χ2v) is 7.69. The van der Waals surface area contributed by atoms with Crippen LogP contribution in [-0.4, -0.2) is 43.1 Å². The summed E-state index contributed by atoms with van der Waals surface area (Å²) in [6, 6.07) is 9.57. The zero-order valence-corrected chi connectivity index (χ0v) is 18.0. The molecular formula is C22H24N2O5S. The van der Waals surface area contributed by atoms with Crippen molar-refractivity contribution in [2.45, 2.75) is 26.3 Å². The maximum Gasteiger partial charge on any atom is 0.338 e. The molecule has 30 heavy (non-hydrogen) atoms. The molecule has 0 aliphatic carbocycles. The molecule has 0 radical (unpaired) electrons. The number of hydrogen-bond donors (Lipinski definition) is 1. The lowest BCUT2D eigenvalue weighted by Gasteiger charge is -2.35. The van der Waals surface area contributed by atoms with Crippen LogP contribution in [0.4, 0.5) is 4.79 Å². The molecule has 3 rings (SSSR count). The van der Waals surface area contributed by atoms with E-state index in [1.165, 1.54) is 7.11 Å². The van der Waals surface area contributed by atoms with Gasteiger partial charge in [-0.3, -0.25) is 4.90 Å². The number of carbonyl (C=O) groups is 3. The number of benzene rings is 1. The molecule has 0 fully saturated rings. The molecule has 1 N–H and O–H groups in total. The zero-order valence-electron chi connectivity index (χ0n) is 17.1. The van der Waals surface area contributed by atoms with Gasteiger partial charge in [-0.05, 0) is 43.3 Å². The standard InChI is InChI=1S/C22H24N2O5S/c1-4-29-21(26)18-14(2)24(12-11-15-8-7-13-30-15)22(27)23-19(18)16-9-5-6-10-17(16)20(25)28-3/h5-10,13,19H,4,11-12H2,1-3H3,(H,23,27)/t19-/m0/s1. The molecule has 0 saturated heterocycles. The number of hydrogen-bond acceptors (Lipinski definition) is 6. The van der Waals surface area contributed by atoms with Gasteiger partial charge in [0.05, 0.1) is 30.9 Å². The van der Waals surface area contributed by atoms with E-state index in [1.807, 2.05) is 17.5 Å². The average molecular weight is 429 g/mol. The Hall–Kier alpha value is -3.13. The fourth-order valence-corrected chi connectivity index (χ4v) is 4.18. The van der Waals surface area contributed by atoms with Crippen LogP contribution in [-0.2, 0) is 20.7 Å². The van der Waals surface area contributed by atoms with E-state index in [0.29, 0.717) is 29.8 Å². The lowest BCUT2D eigenvalue weighted by atomic mass is 9.91. The minimum atomic E-state index is -0.815. The smallest absolute Gasteiger partial charge is 0.338 e. The fourth-order valence-electron chi connectivity index (χ4n) is 3.48. The second-order valence-electron chi connectivity index (χ2n) is 6.66. The predicted molar refractivity (Wildman–Crippen MR) is 113 cm³/mol. The second kappa shape index (κ2) is 9.58. The summed E-state index contributed by atoms with van der Waals surface area (Å²) >= 11 is 1.62. The summed E-state index contributed by atoms with van der Waals surface area (Å²) in [6.07, 6.45) is 0.669. The summed E-state index contributed by atoms with van der Waals surface area (Å²) in [4.78, 5) is 40.8. The Labute approximate surface area is 179 Å². The van der Waals surface area contributed by atoms with Gasteiger partial charge < -0.3 is 14.8 Å². The summed E-state index contributed by atoms with van der Waals surface area (Å²) in [5.74, 6) is -1.07. The number of rotatable bonds is 7. The number of methoxy groups -OCH3 is 1. The van der Waals surface area contributed by atoms with Gasteiger partial charge in [-0.15, -0.1) is 11.3 Å². The monoisotopic (exact) mass is 428 g/mol. The van der Waals surface area contributed by atoms with Crippen molar-refractivity contribution in [3.05, 3.63) is 69.1 Å². The molecule has 8 heteroatoms. The number of amides is 2. The van der Waals surface area contributed by atoms with E-state index >= 15 is 0 Å². The Kier molecular flexibility index (Phi) is 6.89. The highest BCUT2D eigenvalue weighted by atomic mass is 32.1. The molecule has 2 amide bonds. The van der Waals surface area contributed by atoms with Gasteiger partial charge in [-0.25, -0.2) is 14.4 Å². The van der Waals surface area contributed by atoms with E-state index < -0.39 is 18.0 Å². The minimum Gasteiger partial charge on any atom is -0.465 e. The third kappa shape index (κ3) is 4.38. The Bertz CT molecular complexity index is 968. The van der Waals surface area contributed by atoms with Crippen molar-refractivity contribution in [3.63, 3.8) is 0 Å². The first-order chi connectivity index (χ1) is 14.5. The van der Waals surface area contributed by atoms with E-state index in [4.69, 9.17) is 9.47 Å². The van der Waals surface area contributed by atoms with Gasteiger partial charge >= 0.3 is 18.0 Å². The lowest BCUT2D eigenvalue weighted by molar-refractivity contribution is -0.139. The molecule has 0 saturated carbocycles. The molecule has 1 aliphatic rings. The highest BCUT2D eigenvalue weighted by molar-refractivity contribution is 7.09. The van der Waals surface area contributed by atoms with Gasteiger partial charge in [0.15, 0.2) is 0 Å². The maximum absolute atomic E-state index is 12.9. The van der Waals surface area contributed by atoms with Crippen LogP contribution in [0.5, 0.6) is 0 Å². The number of nitrogens with one attached hydrogen (secondary N) is 1. The number of allylic oxidation sites excluding steroid dienone is 1. The molecule has 2 aromatic rings. The molecule has 1 aliphatic heterocycles. The summed E-state index contributed by atoms with van der Waals surface area (Å²) in [6.45, 7) is 4.07. The van der Waals surface area contributed by atoms with Gasteiger partial charge in [0.1, 0.15) is 0 Å². The number of carbonyl (C=O) groups excluding carboxylic acids is 3. The number of thiophene rings is 1. The van der Waals surface area contributed by atoms with Crippen LogP contribution >= 0.6 is 11.3 Å². The maximum atomic E-state index is 12.9. The molecule has 1 aromatic carbocycles. The van der Waals surface area contributed by atoms with Crippen LogP contribution < -0.4 is 5.32 Å². The topological polar surface area (TPSA) is 84.9 Å². The number of nitrogens with zero attached hydrogens (tertiary/aromatic N) is 1. The minimum absolute atomic E-state index is 0.199. The van der Waals surface area contributed by atoms with Crippen LogP contribution in [0, 0.1) is 0 Å². The number of urea groups is 1. The molecule has 0 spiro atoms. The Morgan fingerprint density at radius 3 is 2.60 bits per heavy atom. The summed E-state index contributed by atoms with van der Waals surface area (Å²) < 4.78 is 10.1. The van der Waals surface area contributed by atoms with E-state index in [-0.39, 0.29) is 18.2 Å².